The van der Waals surface area contributed by atoms with Crippen LogP contribution in [0.4, 0.5) is 0 Å². The predicted molar refractivity (Wildman–Crippen MR) is 98.0 cm³/mol. The molecule has 5 rings (SSSR count). The Bertz CT molecular complexity index is 847. The van der Waals surface area contributed by atoms with Crippen LogP contribution in [-0.2, 0) is 17.8 Å². The van der Waals surface area contributed by atoms with Crippen LogP contribution in [0.15, 0.2) is 24.3 Å². The molecule has 1 amide bonds. The van der Waals surface area contributed by atoms with Crippen molar-refractivity contribution in [2.45, 2.75) is 44.4 Å². The second kappa shape index (κ2) is 6.08. The molecule has 3 heterocycles. The van der Waals surface area contributed by atoms with Gasteiger partial charge in [-0.05, 0) is 24.8 Å². The van der Waals surface area contributed by atoms with Crippen LogP contribution in [0, 0.1) is 17.8 Å². The molecule has 3 aliphatic rings. The fraction of sp³-hybridized carbons (Fsp3) is 0.550. The molecule has 6 heteroatoms. The number of para-hydroxylation sites is 1. The normalized spacial score (nSPS) is 36.1. The highest BCUT2D eigenvalue weighted by Gasteiger charge is 2.50. The number of H-pyrrole nitrogens is 1. The number of benzene rings is 1. The summed E-state index contributed by atoms with van der Waals surface area (Å²) in [5, 5.41) is 11.8. The van der Waals surface area contributed by atoms with Crippen LogP contribution in [0.25, 0.3) is 10.9 Å². The number of quaternary nitrogens is 1. The molecule has 1 aliphatic carbocycles. The third-order valence-electron chi connectivity index (χ3n) is 7.17. The second-order valence-electron chi connectivity index (χ2n) is 8.41. The van der Waals surface area contributed by atoms with Gasteiger partial charge in [0.1, 0.15) is 6.54 Å². The van der Waals surface area contributed by atoms with Crippen LogP contribution in [0.5, 0.6) is 0 Å². The zero-order valence-electron chi connectivity index (χ0n) is 14.9. The maximum absolute atomic E-state index is 12.3. The quantitative estimate of drug-likeness (QED) is 0.280. The molecule has 2 fully saturated rings. The van der Waals surface area contributed by atoms with E-state index in [4.69, 9.17) is 5.84 Å². The van der Waals surface area contributed by atoms with Crippen molar-refractivity contribution >= 4 is 16.8 Å². The molecule has 1 unspecified atom stereocenters. The lowest BCUT2D eigenvalue weighted by molar-refractivity contribution is -0.951. The number of rotatable bonds is 1. The van der Waals surface area contributed by atoms with Gasteiger partial charge in [-0.2, -0.15) is 0 Å². The first-order chi connectivity index (χ1) is 12.7. The smallest absolute Gasteiger partial charge is 0.239 e. The maximum Gasteiger partial charge on any atom is 0.239 e. The lowest BCUT2D eigenvalue weighted by atomic mass is 9.64. The summed E-state index contributed by atoms with van der Waals surface area (Å²) in [7, 11) is 0. The Labute approximate surface area is 152 Å². The summed E-state index contributed by atoms with van der Waals surface area (Å²) >= 11 is 0. The van der Waals surface area contributed by atoms with Gasteiger partial charge in [-0.3, -0.25) is 10.2 Å². The fourth-order valence-corrected chi connectivity index (χ4v) is 5.96. The van der Waals surface area contributed by atoms with Crippen LogP contribution in [0.1, 0.15) is 30.5 Å². The molecule has 0 bridgehead atoms. The molecular formula is C20H27N4O2+. The number of aromatic nitrogens is 1. The topological polar surface area (TPSA) is 95.6 Å². The molecule has 138 valence electrons. The highest BCUT2D eigenvalue weighted by atomic mass is 16.3. The van der Waals surface area contributed by atoms with Crippen molar-refractivity contribution < 1.29 is 14.8 Å². The van der Waals surface area contributed by atoms with Crippen LogP contribution in [0.2, 0.25) is 0 Å². The van der Waals surface area contributed by atoms with E-state index in [2.05, 4.69) is 34.7 Å². The molecule has 6 atom stereocenters. The summed E-state index contributed by atoms with van der Waals surface area (Å²) in [6.45, 7) is 2.15. The first kappa shape index (κ1) is 16.3. The van der Waals surface area contributed by atoms with E-state index in [1.807, 2.05) is 0 Å². The number of carbonyl (C=O) groups excluding carboxylic acids is 1. The van der Waals surface area contributed by atoms with Crippen LogP contribution in [0.3, 0.4) is 0 Å². The summed E-state index contributed by atoms with van der Waals surface area (Å²) in [5.41, 5.74) is 6.34. The third kappa shape index (κ3) is 2.40. The summed E-state index contributed by atoms with van der Waals surface area (Å²) < 4.78 is 0. The summed E-state index contributed by atoms with van der Waals surface area (Å²) in [4.78, 5) is 17.6. The van der Waals surface area contributed by atoms with E-state index in [-0.39, 0.29) is 17.7 Å². The van der Waals surface area contributed by atoms with Crippen molar-refractivity contribution in [3.63, 3.8) is 0 Å². The van der Waals surface area contributed by atoms with E-state index in [0.29, 0.717) is 18.4 Å². The molecule has 1 aromatic carbocycles. The molecule has 2 aromatic rings. The number of nitrogens with two attached hydrogens (primary N) is 1. The standard InChI is InChI=1S/C20H26N4O2/c21-23-20(26)19-14-7-12-8-17-15(13-3-1-2-4-16(13)22-17)10-24(12)9-11(14)5-6-18(19)25/h1-4,11-12,14,18-19,22,25H,5-10,21H2,(H,23,26)/p+1/t11-,12+,14-,18-,19+/m0/s1. The summed E-state index contributed by atoms with van der Waals surface area (Å²) in [6.07, 6.45) is 3.17. The molecule has 6 nitrogen and oxygen atoms in total. The number of fused-ring (bicyclic) bond motifs is 5. The number of hydrogen-bond acceptors (Lipinski definition) is 3. The number of aromatic amines is 1. The van der Waals surface area contributed by atoms with E-state index < -0.39 is 6.10 Å². The largest absolute Gasteiger partial charge is 0.392 e. The molecule has 0 radical (unpaired) electrons. The summed E-state index contributed by atoms with van der Waals surface area (Å²) in [6, 6.07) is 9.07. The molecule has 2 aliphatic heterocycles. The number of aliphatic hydroxyl groups excluding tert-OH is 1. The van der Waals surface area contributed by atoms with E-state index in [1.54, 1.807) is 4.90 Å². The SMILES string of the molecule is NNC(=O)[C@@H]1[C@H]2C[C@@H]3Cc4[nH]c5ccccc5c4C[NH+]3C[C@@H]2CC[C@@H]1O. The number of hydrazine groups is 1. The molecule has 6 N–H and O–H groups in total. The van der Waals surface area contributed by atoms with Crippen molar-refractivity contribution in [1.82, 2.24) is 10.4 Å². The molecule has 26 heavy (non-hydrogen) atoms. The van der Waals surface area contributed by atoms with Gasteiger partial charge in [0.05, 0.1) is 24.6 Å². The van der Waals surface area contributed by atoms with Gasteiger partial charge in [0.15, 0.2) is 0 Å². The first-order valence-electron chi connectivity index (χ1n) is 9.77. The van der Waals surface area contributed by atoms with Crippen LogP contribution in [-0.4, -0.2) is 34.7 Å². The minimum absolute atomic E-state index is 0.197. The van der Waals surface area contributed by atoms with Gasteiger partial charge >= 0.3 is 0 Å². The molecular weight excluding hydrogens is 328 g/mol. The van der Waals surface area contributed by atoms with Crippen molar-refractivity contribution in [2.75, 3.05) is 6.54 Å². The lowest BCUT2D eigenvalue weighted by Gasteiger charge is -2.48. The van der Waals surface area contributed by atoms with Gasteiger partial charge < -0.3 is 15.0 Å². The van der Waals surface area contributed by atoms with Gasteiger partial charge in [-0.25, -0.2) is 5.84 Å². The van der Waals surface area contributed by atoms with Crippen molar-refractivity contribution in [3.8, 4) is 0 Å². The van der Waals surface area contributed by atoms with E-state index in [9.17, 15) is 9.90 Å². The minimum atomic E-state index is -0.562. The highest BCUT2D eigenvalue weighted by molar-refractivity contribution is 5.84. The zero-order chi connectivity index (χ0) is 17.8. The Balaban J connectivity index is 1.45. The number of piperidine rings is 1. The Morgan fingerprint density at radius 2 is 2.15 bits per heavy atom. The number of amides is 1. The van der Waals surface area contributed by atoms with Crippen LogP contribution >= 0.6 is 0 Å². The Morgan fingerprint density at radius 3 is 3.00 bits per heavy atom. The highest BCUT2D eigenvalue weighted by Crippen LogP contribution is 2.40. The Hall–Kier alpha value is -1.89. The maximum atomic E-state index is 12.3. The number of aliphatic hydroxyl groups is 1. The molecule has 1 aromatic heterocycles. The van der Waals surface area contributed by atoms with Crippen molar-refractivity contribution in [1.29, 1.82) is 0 Å². The number of hydrogen-bond donors (Lipinski definition) is 5. The van der Waals surface area contributed by atoms with Crippen molar-refractivity contribution in [3.05, 3.63) is 35.5 Å². The van der Waals surface area contributed by atoms with Gasteiger partial charge in [0, 0.05) is 40.9 Å². The minimum Gasteiger partial charge on any atom is -0.392 e. The van der Waals surface area contributed by atoms with Crippen LogP contribution < -0.4 is 16.2 Å². The third-order valence-corrected chi connectivity index (χ3v) is 7.17. The van der Waals surface area contributed by atoms with E-state index >= 15 is 0 Å². The van der Waals surface area contributed by atoms with Gasteiger partial charge in [0.25, 0.3) is 0 Å². The average Bonchev–Trinajstić information content (AvgIpc) is 3.01. The fourth-order valence-electron chi connectivity index (χ4n) is 5.96. The Morgan fingerprint density at radius 1 is 1.31 bits per heavy atom. The Kier molecular flexibility index (Phi) is 3.81. The molecule has 1 saturated carbocycles. The summed E-state index contributed by atoms with van der Waals surface area (Å²) in [5.74, 6) is 5.59. The van der Waals surface area contributed by atoms with Crippen molar-refractivity contribution in [2.24, 2.45) is 23.6 Å². The monoisotopic (exact) mass is 355 g/mol. The molecule has 0 spiro atoms. The van der Waals surface area contributed by atoms with E-state index in [0.717, 1.165) is 32.4 Å². The second-order valence-corrected chi connectivity index (χ2v) is 8.41. The average molecular weight is 355 g/mol. The molecule has 1 saturated heterocycles. The zero-order valence-corrected chi connectivity index (χ0v) is 14.9. The predicted octanol–water partition coefficient (Wildman–Crippen LogP) is -0.126. The van der Waals surface area contributed by atoms with Gasteiger partial charge in [-0.15, -0.1) is 0 Å². The first-order valence-corrected chi connectivity index (χ1v) is 9.77. The van der Waals surface area contributed by atoms with Gasteiger partial charge in [0.2, 0.25) is 5.91 Å². The number of carbonyl (C=O) groups is 1. The van der Waals surface area contributed by atoms with E-state index in [1.165, 1.54) is 22.2 Å². The van der Waals surface area contributed by atoms with Gasteiger partial charge in [-0.1, -0.05) is 18.2 Å². The lowest BCUT2D eigenvalue weighted by Crippen LogP contribution is -3.17. The number of nitrogens with one attached hydrogen (secondary N) is 3.